The van der Waals surface area contributed by atoms with E-state index in [0.717, 1.165) is 4.90 Å². The molecule has 0 spiro atoms. The molecule has 1 aliphatic rings. The number of pyridine rings is 1. The second-order valence-corrected chi connectivity index (χ2v) is 3.96. The predicted octanol–water partition coefficient (Wildman–Crippen LogP) is 1.23. The lowest BCUT2D eigenvalue weighted by atomic mass is 10.2. The van der Waals surface area contributed by atoms with Crippen molar-refractivity contribution in [1.29, 1.82) is 0 Å². The lowest BCUT2D eigenvalue weighted by Gasteiger charge is -2.13. The molecule has 1 unspecified atom stereocenters. The van der Waals surface area contributed by atoms with Crippen LogP contribution in [0, 0.1) is 11.9 Å². The van der Waals surface area contributed by atoms with Crippen molar-refractivity contribution in [2.24, 2.45) is 5.92 Å². The van der Waals surface area contributed by atoms with Crippen LogP contribution < -0.4 is 0 Å². The summed E-state index contributed by atoms with van der Waals surface area (Å²) in [7, 11) is 0. The Morgan fingerprint density at radius 2 is 2.38 bits per heavy atom. The highest BCUT2D eigenvalue weighted by molar-refractivity contribution is 6.05. The van der Waals surface area contributed by atoms with Gasteiger partial charge in [-0.3, -0.25) is 14.5 Å². The summed E-state index contributed by atoms with van der Waals surface area (Å²) in [4.78, 5) is 27.8. The summed E-state index contributed by atoms with van der Waals surface area (Å²) >= 11 is 0. The van der Waals surface area contributed by atoms with E-state index in [0.29, 0.717) is 13.0 Å². The minimum Gasteiger partial charge on any atom is -0.278 e. The first-order valence-corrected chi connectivity index (χ1v) is 5.05. The number of halogens is 1. The van der Waals surface area contributed by atoms with Gasteiger partial charge in [0.1, 0.15) is 0 Å². The smallest absolute Gasteiger partial charge is 0.265 e. The maximum atomic E-state index is 13.2. The number of carbonyl (C=O) groups is 2. The van der Waals surface area contributed by atoms with Crippen molar-refractivity contribution in [1.82, 2.24) is 9.88 Å². The molecule has 1 fully saturated rings. The molecule has 1 aliphatic heterocycles. The maximum absolute atomic E-state index is 13.2. The first-order valence-electron chi connectivity index (χ1n) is 5.05. The third-order valence-corrected chi connectivity index (χ3v) is 2.55. The van der Waals surface area contributed by atoms with Gasteiger partial charge in [0.05, 0.1) is 5.56 Å². The van der Waals surface area contributed by atoms with Crippen molar-refractivity contribution in [3.8, 4) is 0 Å². The SMILES string of the molecule is CC1CC(=O)N(C(=O)c2cccnc2F)C1. The van der Waals surface area contributed by atoms with Crippen LogP contribution in [0.4, 0.5) is 4.39 Å². The first-order chi connectivity index (χ1) is 7.59. The van der Waals surface area contributed by atoms with E-state index in [2.05, 4.69) is 4.98 Å². The van der Waals surface area contributed by atoms with Gasteiger partial charge in [0.15, 0.2) is 0 Å². The molecule has 0 N–H and O–H groups in total. The van der Waals surface area contributed by atoms with Crippen molar-refractivity contribution in [3.63, 3.8) is 0 Å². The molecular weight excluding hydrogens is 211 g/mol. The van der Waals surface area contributed by atoms with Crippen LogP contribution in [0.1, 0.15) is 23.7 Å². The molecule has 1 atom stereocenters. The Bertz CT molecular complexity index is 447. The zero-order valence-electron chi connectivity index (χ0n) is 8.81. The Labute approximate surface area is 92.1 Å². The third-order valence-electron chi connectivity index (χ3n) is 2.55. The lowest BCUT2D eigenvalue weighted by Crippen LogP contribution is -2.33. The molecule has 1 saturated heterocycles. The van der Waals surface area contributed by atoms with Crippen LogP contribution in [-0.2, 0) is 4.79 Å². The molecule has 2 rings (SSSR count). The number of aromatic nitrogens is 1. The minimum atomic E-state index is -0.833. The highest BCUT2D eigenvalue weighted by Crippen LogP contribution is 2.19. The van der Waals surface area contributed by atoms with Gasteiger partial charge in [-0.2, -0.15) is 4.39 Å². The summed E-state index contributed by atoms with van der Waals surface area (Å²) < 4.78 is 13.2. The van der Waals surface area contributed by atoms with Gasteiger partial charge in [-0.1, -0.05) is 6.92 Å². The molecule has 0 bridgehead atoms. The number of likely N-dealkylation sites (tertiary alicyclic amines) is 1. The number of rotatable bonds is 1. The fourth-order valence-corrected chi connectivity index (χ4v) is 1.77. The molecule has 0 radical (unpaired) electrons. The van der Waals surface area contributed by atoms with E-state index in [-0.39, 0.29) is 17.4 Å². The summed E-state index contributed by atoms with van der Waals surface area (Å²) in [5, 5.41) is 0. The Hall–Kier alpha value is -1.78. The highest BCUT2D eigenvalue weighted by atomic mass is 19.1. The van der Waals surface area contributed by atoms with Gasteiger partial charge in [0.2, 0.25) is 11.9 Å². The molecule has 0 saturated carbocycles. The Balaban J connectivity index is 2.27. The Morgan fingerprint density at radius 1 is 1.62 bits per heavy atom. The predicted molar refractivity (Wildman–Crippen MR) is 54.0 cm³/mol. The molecule has 0 aliphatic carbocycles. The summed E-state index contributed by atoms with van der Waals surface area (Å²) in [6.45, 7) is 2.23. The number of carbonyl (C=O) groups excluding carboxylic acids is 2. The molecule has 5 heteroatoms. The summed E-state index contributed by atoms with van der Waals surface area (Å²) in [5.41, 5.74) is -0.148. The Kier molecular flexibility index (Phi) is 2.68. The van der Waals surface area contributed by atoms with Crippen molar-refractivity contribution in [3.05, 3.63) is 29.8 Å². The van der Waals surface area contributed by atoms with Gasteiger partial charge >= 0.3 is 0 Å². The van der Waals surface area contributed by atoms with Gasteiger partial charge in [-0.25, -0.2) is 4.98 Å². The van der Waals surface area contributed by atoms with Crippen molar-refractivity contribution >= 4 is 11.8 Å². The fraction of sp³-hybridized carbons (Fsp3) is 0.364. The minimum absolute atomic E-state index is 0.135. The van der Waals surface area contributed by atoms with E-state index in [4.69, 9.17) is 0 Å². The lowest BCUT2D eigenvalue weighted by molar-refractivity contribution is -0.125. The van der Waals surface area contributed by atoms with E-state index in [1.807, 2.05) is 6.92 Å². The topological polar surface area (TPSA) is 50.3 Å². The van der Waals surface area contributed by atoms with E-state index in [1.165, 1.54) is 18.3 Å². The molecule has 4 nitrogen and oxygen atoms in total. The van der Waals surface area contributed by atoms with Crippen LogP contribution in [0.2, 0.25) is 0 Å². The molecular formula is C11H11FN2O2. The van der Waals surface area contributed by atoms with Gasteiger partial charge in [-0.05, 0) is 18.1 Å². The number of nitrogens with zero attached hydrogens (tertiary/aromatic N) is 2. The standard InChI is InChI=1S/C11H11FN2O2/c1-7-5-9(15)14(6-7)11(16)8-3-2-4-13-10(8)12/h2-4,7H,5-6H2,1H3. The van der Waals surface area contributed by atoms with E-state index in [1.54, 1.807) is 0 Å². The van der Waals surface area contributed by atoms with Gasteiger partial charge in [-0.15, -0.1) is 0 Å². The quantitative estimate of drug-likeness (QED) is 0.530. The van der Waals surface area contributed by atoms with E-state index in [9.17, 15) is 14.0 Å². The number of imide groups is 1. The molecule has 1 aromatic heterocycles. The summed E-state index contributed by atoms with van der Waals surface area (Å²) in [6.07, 6.45) is 1.61. The van der Waals surface area contributed by atoms with Crippen LogP contribution in [0.5, 0.6) is 0 Å². The third kappa shape index (κ3) is 1.80. The zero-order chi connectivity index (χ0) is 11.7. The van der Waals surface area contributed by atoms with E-state index >= 15 is 0 Å². The van der Waals surface area contributed by atoms with Crippen molar-refractivity contribution in [2.75, 3.05) is 6.54 Å². The number of amides is 2. The van der Waals surface area contributed by atoms with Gasteiger partial charge in [0.25, 0.3) is 5.91 Å². The van der Waals surface area contributed by atoms with Crippen molar-refractivity contribution < 1.29 is 14.0 Å². The average Bonchev–Trinajstić information content (AvgIpc) is 2.58. The Morgan fingerprint density at radius 3 is 2.94 bits per heavy atom. The van der Waals surface area contributed by atoms with Crippen LogP contribution in [0.15, 0.2) is 18.3 Å². The maximum Gasteiger partial charge on any atom is 0.265 e. The molecule has 84 valence electrons. The highest BCUT2D eigenvalue weighted by Gasteiger charge is 2.33. The first kappa shape index (κ1) is 10.7. The van der Waals surface area contributed by atoms with E-state index < -0.39 is 11.9 Å². The summed E-state index contributed by atoms with van der Waals surface area (Å²) in [5.74, 6) is -1.54. The van der Waals surface area contributed by atoms with Crippen LogP contribution in [0.25, 0.3) is 0 Å². The molecule has 16 heavy (non-hydrogen) atoms. The summed E-state index contributed by atoms with van der Waals surface area (Å²) in [6, 6.07) is 2.81. The monoisotopic (exact) mass is 222 g/mol. The van der Waals surface area contributed by atoms with Crippen LogP contribution >= 0.6 is 0 Å². The molecule has 2 heterocycles. The second-order valence-electron chi connectivity index (χ2n) is 3.96. The van der Waals surface area contributed by atoms with Crippen LogP contribution in [-0.4, -0.2) is 28.2 Å². The zero-order valence-corrected chi connectivity index (χ0v) is 8.81. The number of hydrogen-bond donors (Lipinski definition) is 0. The number of hydrogen-bond acceptors (Lipinski definition) is 3. The normalized spacial score (nSPS) is 20.2. The second kappa shape index (κ2) is 4.00. The average molecular weight is 222 g/mol. The van der Waals surface area contributed by atoms with Gasteiger partial charge in [0, 0.05) is 19.2 Å². The molecule has 2 amide bonds. The molecule has 0 aromatic carbocycles. The molecule has 1 aromatic rings. The van der Waals surface area contributed by atoms with Crippen LogP contribution in [0.3, 0.4) is 0 Å². The van der Waals surface area contributed by atoms with Crippen molar-refractivity contribution in [2.45, 2.75) is 13.3 Å². The van der Waals surface area contributed by atoms with Gasteiger partial charge < -0.3 is 0 Å². The largest absolute Gasteiger partial charge is 0.278 e. The fourth-order valence-electron chi connectivity index (χ4n) is 1.77.